The largest absolute Gasteiger partial charge is 0.508 e. The number of rotatable bonds is 5. The minimum atomic E-state index is -0.198. The minimum Gasteiger partial charge on any atom is -0.508 e. The Balaban J connectivity index is 1.21. The summed E-state index contributed by atoms with van der Waals surface area (Å²) in [5.41, 5.74) is 6.28. The number of aromatic hydroxyl groups is 1. The second-order valence-corrected chi connectivity index (χ2v) is 13.4. The molecule has 204 valence electrons. The third-order valence-electron chi connectivity index (χ3n) is 11.7. The van der Waals surface area contributed by atoms with E-state index in [2.05, 4.69) is 82.6 Å². The number of hydrogen-bond acceptors (Lipinski definition) is 4. The van der Waals surface area contributed by atoms with Crippen LogP contribution < -0.4 is 0 Å². The predicted molar refractivity (Wildman–Crippen MR) is 156 cm³/mol. The van der Waals surface area contributed by atoms with Crippen molar-refractivity contribution in [3.05, 3.63) is 113 Å². The first-order valence-corrected chi connectivity index (χ1v) is 15.4. The Labute approximate surface area is 237 Å². The van der Waals surface area contributed by atoms with E-state index in [1.165, 1.54) is 41.6 Å². The molecule has 9 rings (SSSR count). The van der Waals surface area contributed by atoms with Crippen LogP contribution >= 0.6 is 0 Å². The van der Waals surface area contributed by atoms with Crippen LogP contribution in [0.2, 0.25) is 0 Å². The molecule has 0 spiro atoms. The van der Waals surface area contributed by atoms with Gasteiger partial charge in [0.2, 0.25) is 0 Å². The molecular weight excluding hydrogens is 492 g/mol. The Morgan fingerprint density at radius 2 is 1.65 bits per heavy atom. The summed E-state index contributed by atoms with van der Waals surface area (Å²) >= 11 is 0. The number of likely N-dealkylation sites (tertiary alicyclic amines) is 2. The molecular formula is C36H38N2O2. The molecule has 4 heteroatoms. The molecule has 4 bridgehead atoms. The molecule has 4 nitrogen and oxygen atoms in total. The molecule has 3 aliphatic carbocycles. The number of ether oxygens (including phenoxy) is 1. The second-order valence-electron chi connectivity index (χ2n) is 13.4. The van der Waals surface area contributed by atoms with Crippen LogP contribution in [0.15, 0.2) is 91.1 Å². The van der Waals surface area contributed by atoms with Gasteiger partial charge in [0.15, 0.2) is 0 Å². The SMILES string of the molecule is C=C1[C@H]2OC34CCC(C2C32CCN(CC3CC3)C4Cc3ccc(O)cc32)N1C(c1ccccc1)c1ccccc1. The first-order valence-electron chi connectivity index (χ1n) is 15.4. The van der Waals surface area contributed by atoms with E-state index < -0.39 is 0 Å². The Hall–Kier alpha value is -3.08. The van der Waals surface area contributed by atoms with Gasteiger partial charge in [0, 0.05) is 35.7 Å². The van der Waals surface area contributed by atoms with E-state index in [0.29, 0.717) is 23.8 Å². The van der Waals surface area contributed by atoms with E-state index in [-0.39, 0.29) is 23.2 Å². The van der Waals surface area contributed by atoms with Crippen molar-refractivity contribution < 1.29 is 9.84 Å². The lowest BCUT2D eigenvalue weighted by Gasteiger charge is -2.65. The number of hydrogen-bond donors (Lipinski definition) is 1. The average Bonchev–Trinajstić information content (AvgIpc) is 3.72. The van der Waals surface area contributed by atoms with Crippen LogP contribution in [0.25, 0.3) is 0 Å². The lowest BCUT2D eigenvalue weighted by Crippen LogP contribution is -2.74. The van der Waals surface area contributed by atoms with E-state index >= 15 is 0 Å². The normalized spacial score (nSPS) is 35.6. The average molecular weight is 531 g/mol. The highest BCUT2D eigenvalue weighted by atomic mass is 16.5. The van der Waals surface area contributed by atoms with Gasteiger partial charge in [-0.05, 0) is 85.4 Å². The van der Waals surface area contributed by atoms with Crippen molar-refractivity contribution in [3.63, 3.8) is 0 Å². The fourth-order valence-corrected chi connectivity index (χ4v) is 10.1. The summed E-state index contributed by atoms with van der Waals surface area (Å²) in [5, 5.41) is 10.8. The van der Waals surface area contributed by atoms with Crippen molar-refractivity contribution in [1.82, 2.24) is 9.80 Å². The van der Waals surface area contributed by atoms with E-state index in [4.69, 9.17) is 11.3 Å². The fraction of sp³-hybridized carbons (Fsp3) is 0.444. The smallest absolute Gasteiger partial charge is 0.115 e. The topological polar surface area (TPSA) is 35.9 Å². The van der Waals surface area contributed by atoms with E-state index in [1.807, 2.05) is 6.07 Å². The molecule has 3 aromatic rings. The molecule has 2 saturated carbocycles. The Bertz CT molecular complexity index is 1450. The fourth-order valence-electron chi connectivity index (χ4n) is 10.1. The zero-order valence-electron chi connectivity index (χ0n) is 23.1. The van der Waals surface area contributed by atoms with Crippen LogP contribution in [0.1, 0.15) is 60.4 Å². The van der Waals surface area contributed by atoms with Crippen LogP contribution in [0.4, 0.5) is 0 Å². The number of nitrogens with zero attached hydrogens (tertiary/aromatic N) is 2. The van der Waals surface area contributed by atoms with Crippen molar-refractivity contribution in [2.45, 2.75) is 73.8 Å². The summed E-state index contributed by atoms with van der Waals surface area (Å²) in [4.78, 5) is 5.46. The molecule has 3 heterocycles. The highest BCUT2D eigenvalue weighted by molar-refractivity contribution is 5.53. The van der Waals surface area contributed by atoms with Crippen LogP contribution in [0, 0.1) is 11.8 Å². The van der Waals surface area contributed by atoms with Gasteiger partial charge in [0.1, 0.15) is 11.9 Å². The van der Waals surface area contributed by atoms with Gasteiger partial charge in [0.25, 0.3) is 0 Å². The molecule has 1 N–H and O–H groups in total. The monoisotopic (exact) mass is 530 g/mol. The zero-order chi connectivity index (χ0) is 26.6. The van der Waals surface area contributed by atoms with Crippen LogP contribution in [0.3, 0.4) is 0 Å². The second kappa shape index (κ2) is 8.24. The van der Waals surface area contributed by atoms with E-state index in [1.54, 1.807) is 0 Å². The molecule has 3 aromatic carbocycles. The number of phenolic OH excluding ortho intramolecular Hbond substituents is 1. The summed E-state index contributed by atoms with van der Waals surface area (Å²) in [5.74, 6) is 1.60. The standard InChI is InChI=1S/C36H38N2O2/c1-23-34-32-30(38(23)33(25-8-4-2-5-9-25)26-10-6-3-7-11-26)16-17-36(40-34)31-20-27-14-15-28(39)21-29(27)35(32,36)18-19-37(31)22-24-12-13-24/h2-11,14-15,21,24,30-34,39H,1,12-13,16-20,22H2/t30?,31?,32?,34-,35?,36?/m1/s1. The first-order chi connectivity index (χ1) is 19.6. The number of fused-ring (bicyclic) bond motifs is 1. The summed E-state index contributed by atoms with van der Waals surface area (Å²) < 4.78 is 7.55. The molecule has 6 atom stereocenters. The van der Waals surface area contributed by atoms with Crippen molar-refractivity contribution >= 4 is 0 Å². The number of piperidine rings is 1. The highest BCUT2D eigenvalue weighted by Crippen LogP contribution is 2.72. The molecule has 3 saturated heterocycles. The Kier molecular flexibility index (Phi) is 4.86. The van der Waals surface area contributed by atoms with Gasteiger partial charge < -0.3 is 14.7 Å². The highest BCUT2D eigenvalue weighted by Gasteiger charge is 2.78. The van der Waals surface area contributed by atoms with Crippen LogP contribution in [-0.2, 0) is 16.6 Å². The van der Waals surface area contributed by atoms with Crippen molar-refractivity contribution in [2.75, 3.05) is 13.1 Å². The minimum absolute atomic E-state index is 0.0131. The van der Waals surface area contributed by atoms with Gasteiger partial charge in [-0.3, -0.25) is 4.90 Å². The maximum absolute atomic E-state index is 10.8. The quantitative estimate of drug-likeness (QED) is 0.426. The number of benzene rings is 3. The molecule has 3 aliphatic heterocycles. The Morgan fingerprint density at radius 3 is 2.35 bits per heavy atom. The first kappa shape index (κ1) is 23.6. The third-order valence-corrected chi connectivity index (χ3v) is 11.7. The summed E-state index contributed by atoms with van der Waals surface area (Å²) in [6, 6.07) is 29.0. The molecule has 5 unspecified atom stereocenters. The molecule has 40 heavy (non-hydrogen) atoms. The third kappa shape index (κ3) is 2.94. The van der Waals surface area contributed by atoms with Gasteiger partial charge in [-0.25, -0.2) is 0 Å². The van der Waals surface area contributed by atoms with Gasteiger partial charge in [-0.15, -0.1) is 0 Å². The van der Waals surface area contributed by atoms with Crippen LogP contribution in [0.5, 0.6) is 5.75 Å². The molecule has 0 radical (unpaired) electrons. The van der Waals surface area contributed by atoms with Crippen molar-refractivity contribution in [1.29, 1.82) is 0 Å². The lowest BCUT2D eigenvalue weighted by molar-refractivity contribution is -0.168. The van der Waals surface area contributed by atoms with E-state index in [0.717, 1.165) is 43.8 Å². The van der Waals surface area contributed by atoms with Crippen LogP contribution in [-0.4, -0.2) is 51.8 Å². The summed E-state index contributed by atoms with van der Waals surface area (Å²) in [6.07, 6.45) is 7.11. The van der Waals surface area contributed by atoms with Gasteiger partial charge in [-0.1, -0.05) is 73.3 Å². The van der Waals surface area contributed by atoms with Crippen molar-refractivity contribution in [2.24, 2.45) is 11.8 Å². The number of phenols is 1. The zero-order valence-corrected chi connectivity index (χ0v) is 23.1. The Morgan fingerprint density at radius 1 is 0.925 bits per heavy atom. The maximum Gasteiger partial charge on any atom is 0.115 e. The summed E-state index contributed by atoms with van der Waals surface area (Å²) in [7, 11) is 0. The van der Waals surface area contributed by atoms with Crippen molar-refractivity contribution in [3.8, 4) is 5.75 Å². The molecule has 5 fully saturated rings. The molecule has 0 amide bonds. The summed E-state index contributed by atoms with van der Waals surface area (Å²) in [6.45, 7) is 7.17. The predicted octanol–water partition coefficient (Wildman–Crippen LogP) is 6.21. The van der Waals surface area contributed by atoms with E-state index in [9.17, 15) is 5.11 Å². The maximum atomic E-state index is 10.8. The van der Waals surface area contributed by atoms with Gasteiger partial charge in [-0.2, -0.15) is 0 Å². The van der Waals surface area contributed by atoms with Gasteiger partial charge in [0.05, 0.1) is 11.6 Å². The van der Waals surface area contributed by atoms with Gasteiger partial charge >= 0.3 is 0 Å². The lowest BCUT2D eigenvalue weighted by atomic mass is 9.46. The molecule has 6 aliphatic rings. The molecule has 0 aromatic heterocycles.